The van der Waals surface area contributed by atoms with E-state index in [2.05, 4.69) is 19.2 Å². The zero-order valence-electron chi connectivity index (χ0n) is 14.8. The Labute approximate surface area is 143 Å². The van der Waals surface area contributed by atoms with Crippen LogP contribution in [0.5, 0.6) is 0 Å². The minimum absolute atomic E-state index is 0.0970. The third kappa shape index (κ3) is 3.39. The smallest absolute Gasteiger partial charge is 0.317 e. The quantitative estimate of drug-likeness (QED) is 0.825. The molecule has 2 N–H and O–H groups in total. The Hall–Kier alpha value is -1.30. The van der Waals surface area contributed by atoms with Crippen molar-refractivity contribution in [1.29, 1.82) is 0 Å². The molecule has 6 nitrogen and oxygen atoms in total. The molecule has 0 aromatic heterocycles. The van der Waals surface area contributed by atoms with Gasteiger partial charge in [0.15, 0.2) is 0 Å². The lowest BCUT2D eigenvalue weighted by Crippen LogP contribution is -2.48. The average molecular weight is 338 g/mol. The van der Waals surface area contributed by atoms with Gasteiger partial charge < -0.3 is 20.1 Å². The third-order valence-electron chi connectivity index (χ3n) is 6.01. The number of fused-ring (bicyclic) bond motifs is 1. The van der Waals surface area contributed by atoms with E-state index < -0.39 is 11.4 Å². The molecule has 0 spiro atoms. The first-order chi connectivity index (χ1) is 11.4. The third-order valence-corrected chi connectivity index (χ3v) is 6.01. The zero-order valence-corrected chi connectivity index (χ0v) is 14.8. The first-order valence-electron chi connectivity index (χ1n) is 9.31. The number of hydrogen-bond donors (Lipinski definition) is 2. The minimum atomic E-state index is -0.733. The van der Waals surface area contributed by atoms with Crippen LogP contribution in [0.1, 0.15) is 52.4 Å². The van der Waals surface area contributed by atoms with Gasteiger partial charge in [-0.3, -0.25) is 4.79 Å². The van der Waals surface area contributed by atoms with Crippen LogP contribution >= 0.6 is 0 Å². The molecule has 2 saturated heterocycles. The summed E-state index contributed by atoms with van der Waals surface area (Å²) in [6.07, 6.45) is 5.50. The molecule has 0 bridgehead atoms. The van der Waals surface area contributed by atoms with Gasteiger partial charge in [-0.1, -0.05) is 20.3 Å². The molecule has 3 fully saturated rings. The number of ether oxygens (including phenoxy) is 1. The summed E-state index contributed by atoms with van der Waals surface area (Å²) in [6, 6.07) is 0.0384. The van der Waals surface area contributed by atoms with E-state index in [-0.39, 0.29) is 24.1 Å². The van der Waals surface area contributed by atoms with Crippen molar-refractivity contribution >= 4 is 12.0 Å². The summed E-state index contributed by atoms with van der Waals surface area (Å²) >= 11 is 0. The van der Waals surface area contributed by atoms with Gasteiger partial charge in [0.05, 0.1) is 11.5 Å². The zero-order chi connectivity index (χ0) is 17.3. The predicted octanol–water partition coefficient (Wildman–Crippen LogP) is 2.48. The van der Waals surface area contributed by atoms with Gasteiger partial charge in [-0.15, -0.1) is 0 Å². The van der Waals surface area contributed by atoms with E-state index in [4.69, 9.17) is 4.74 Å². The first-order valence-corrected chi connectivity index (χ1v) is 9.31. The second-order valence-electron chi connectivity index (χ2n) is 8.22. The summed E-state index contributed by atoms with van der Waals surface area (Å²) in [5, 5.41) is 12.8. The van der Waals surface area contributed by atoms with Crippen LogP contribution in [-0.4, -0.2) is 53.8 Å². The number of urea groups is 1. The van der Waals surface area contributed by atoms with Crippen LogP contribution < -0.4 is 5.32 Å². The van der Waals surface area contributed by atoms with Crippen molar-refractivity contribution in [3.05, 3.63) is 0 Å². The molecule has 6 heteroatoms. The van der Waals surface area contributed by atoms with Gasteiger partial charge in [0, 0.05) is 25.7 Å². The average Bonchev–Trinajstić information content (AvgIpc) is 3.04. The molecular weight excluding hydrogens is 308 g/mol. The lowest BCUT2D eigenvalue weighted by molar-refractivity contribution is -0.149. The summed E-state index contributed by atoms with van der Waals surface area (Å²) in [7, 11) is 0. The molecule has 4 atom stereocenters. The van der Waals surface area contributed by atoms with E-state index in [1.54, 1.807) is 4.90 Å². The summed E-state index contributed by atoms with van der Waals surface area (Å²) in [4.78, 5) is 26.1. The molecule has 3 aliphatic rings. The van der Waals surface area contributed by atoms with Crippen molar-refractivity contribution in [1.82, 2.24) is 10.2 Å². The van der Waals surface area contributed by atoms with E-state index in [0.717, 1.165) is 32.1 Å². The monoisotopic (exact) mass is 338 g/mol. The highest BCUT2D eigenvalue weighted by Gasteiger charge is 2.55. The molecule has 2 amide bonds. The van der Waals surface area contributed by atoms with Gasteiger partial charge >= 0.3 is 12.0 Å². The Morgan fingerprint density at radius 2 is 2.17 bits per heavy atom. The Morgan fingerprint density at radius 3 is 2.83 bits per heavy atom. The van der Waals surface area contributed by atoms with E-state index in [0.29, 0.717) is 32.0 Å². The Kier molecular flexibility index (Phi) is 5.04. The molecule has 2 unspecified atom stereocenters. The van der Waals surface area contributed by atoms with Crippen LogP contribution in [-0.2, 0) is 9.53 Å². The molecule has 1 saturated carbocycles. The van der Waals surface area contributed by atoms with E-state index in [1.165, 1.54) is 0 Å². The van der Waals surface area contributed by atoms with Crippen molar-refractivity contribution in [2.45, 2.75) is 64.5 Å². The second kappa shape index (κ2) is 6.90. The molecule has 2 aliphatic heterocycles. The van der Waals surface area contributed by atoms with Crippen molar-refractivity contribution < 1.29 is 19.4 Å². The van der Waals surface area contributed by atoms with Crippen LogP contribution in [0.15, 0.2) is 0 Å². The number of carbonyl (C=O) groups is 2. The second-order valence-corrected chi connectivity index (χ2v) is 8.22. The fourth-order valence-electron chi connectivity index (χ4n) is 4.76. The van der Waals surface area contributed by atoms with Crippen LogP contribution in [0.2, 0.25) is 0 Å². The number of hydrogen-bond acceptors (Lipinski definition) is 3. The summed E-state index contributed by atoms with van der Waals surface area (Å²) < 4.78 is 5.79. The minimum Gasteiger partial charge on any atom is -0.481 e. The van der Waals surface area contributed by atoms with E-state index in [1.807, 2.05) is 0 Å². The number of amides is 2. The largest absolute Gasteiger partial charge is 0.481 e. The lowest BCUT2D eigenvalue weighted by atomic mass is 9.81. The standard InChI is InChI=1S/C18H30N2O4/c1-12(2)8-15-9-14(5-7-24-15)19-17(23)20-10-13-4-3-6-18(13,11-20)16(21)22/h12-15H,3-11H2,1-2H3,(H,19,23)(H,21,22)/t13-,14?,15?,18+/m0/s1. The van der Waals surface area contributed by atoms with Gasteiger partial charge in [-0.2, -0.15) is 0 Å². The maximum Gasteiger partial charge on any atom is 0.317 e. The van der Waals surface area contributed by atoms with Gasteiger partial charge in [0.25, 0.3) is 0 Å². The molecule has 24 heavy (non-hydrogen) atoms. The van der Waals surface area contributed by atoms with Crippen molar-refractivity contribution in [3.8, 4) is 0 Å². The number of carboxylic acids is 1. The number of nitrogens with zero attached hydrogens (tertiary/aromatic N) is 1. The van der Waals surface area contributed by atoms with Crippen LogP contribution in [0.3, 0.4) is 0 Å². The van der Waals surface area contributed by atoms with Crippen LogP contribution in [0.25, 0.3) is 0 Å². The highest BCUT2D eigenvalue weighted by molar-refractivity contribution is 5.80. The number of nitrogens with one attached hydrogen (secondary N) is 1. The normalized spacial score (nSPS) is 36.0. The fourth-order valence-corrected chi connectivity index (χ4v) is 4.76. The Morgan fingerprint density at radius 1 is 1.38 bits per heavy atom. The number of carbonyl (C=O) groups excluding carboxylic acids is 1. The van der Waals surface area contributed by atoms with Crippen molar-refractivity contribution in [3.63, 3.8) is 0 Å². The van der Waals surface area contributed by atoms with E-state index >= 15 is 0 Å². The van der Waals surface area contributed by atoms with Crippen LogP contribution in [0.4, 0.5) is 4.79 Å². The van der Waals surface area contributed by atoms with E-state index in [9.17, 15) is 14.7 Å². The predicted molar refractivity (Wildman–Crippen MR) is 89.7 cm³/mol. The van der Waals surface area contributed by atoms with Crippen LogP contribution in [0, 0.1) is 17.3 Å². The number of likely N-dealkylation sites (tertiary alicyclic amines) is 1. The number of rotatable bonds is 4. The Bertz CT molecular complexity index is 495. The molecule has 0 aromatic rings. The molecule has 3 rings (SSSR count). The van der Waals surface area contributed by atoms with Gasteiger partial charge in [0.1, 0.15) is 0 Å². The molecule has 1 aliphatic carbocycles. The molecule has 2 heterocycles. The lowest BCUT2D eigenvalue weighted by Gasteiger charge is -2.32. The summed E-state index contributed by atoms with van der Waals surface area (Å²) in [5.41, 5.74) is -0.701. The molecule has 0 radical (unpaired) electrons. The molecular formula is C18H30N2O4. The van der Waals surface area contributed by atoms with Gasteiger partial charge in [-0.05, 0) is 43.9 Å². The van der Waals surface area contributed by atoms with Gasteiger partial charge in [0.2, 0.25) is 0 Å². The topological polar surface area (TPSA) is 78.9 Å². The fraction of sp³-hybridized carbons (Fsp3) is 0.889. The summed E-state index contributed by atoms with van der Waals surface area (Å²) in [5.74, 6) is -0.0367. The Balaban J connectivity index is 1.55. The summed E-state index contributed by atoms with van der Waals surface area (Å²) in [6.45, 7) is 5.98. The highest BCUT2D eigenvalue weighted by Crippen LogP contribution is 2.48. The van der Waals surface area contributed by atoms with Crippen molar-refractivity contribution in [2.24, 2.45) is 17.3 Å². The molecule has 136 valence electrons. The highest BCUT2D eigenvalue weighted by atomic mass is 16.5. The SMILES string of the molecule is CC(C)CC1CC(NC(=O)N2C[C@@H]3CCC[C@@]3(C(=O)O)C2)CCO1. The van der Waals surface area contributed by atoms with Gasteiger partial charge in [-0.25, -0.2) is 4.79 Å². The maximum atomic E-state index is 12.6. The number of aliphatic carboxylic acids is 1. The first kappa shape index (κ1) is 17.5. The van der Waals surface area contributed by atoms with Crippen molar-refractivity contribution in [2.75, 3.05) is 19.7 Å². The maximum absolute atomic E-state index is 12.6. The molecule has 0 aromatic carbocycles. The number of carboxylic acid groups (broad SMARTS) is 1.